The molecule has 42 heavy (non-hydrogen) atoms. The Morgan fingerprint density at radius 1 is 1.17 bits per heavy atom. The molecule has 1 fully saturated rings. The van der Waals surface area contributed by atoms with Crippen LogP contribution in [0.15, 0.2) is 66.2 Å². The molecule has 4 rings (SSSR count). The Balaban J connectivity index is 1.59. The van der Waals surface area contributed by atoms with Crippen molar-refractivity contribution in [1.29, 1.82) is 0 Å². The molecule has 4 N–H and O–H groups in total. The maximum atomic E-state index is 13.6. The molecule has 0 saturated carbocycles. The number of alkyl halides is 3. The van der Waals surface area contributed by atoms with Gasteiger partial charge in [0.05, 0.1) is 17.7 Å². The molecule has 1 aliphatic heterocycles. The first kappa shape index (κ1) is 30.7. The van der Waals surface area contributed by atoms with Crippen LogP contribution in [0.3, 0.4) is 0 Å². The number of aromatic nitrogens is 2. The molecule has 1 aromatic heterocycles. The van der Waals surface area contributed by atoms with Gasteiger partial charge >= 0.3 is 6.36 Å². The smallest absolute Gasteiger partial charge is 0.406 e. The van der Waals surface area contributed by atoms with Crippen LogP contribution < -0.4 is 20.7 Å². The van der Waals surface area contributed by atoms with Gasteiger partial charge in [0.25, 0.3) is 0 Å². The molecule has 11 nitrogen and oxygen atoms in total. The summed E-state index contributed by atoms with van der Waals surface area (Å²) in [4.78, 5) is 23.1. The number of amides is 1. The molecular formula is C27H29F3N6O5S. The van der Waals surface area contributed by atoms with Crippen LogP contribution in [0.4, 0.5) is 24.8 Å². The Kier molecular flexibility index (Phi) is 9.03. The predicted octanol–water partition coefficient (Wildman–Crippen LogP) is 2.68. The lowest BCUT2D eigenvalue weighted by Crippen LogP contribution is -2.60. The molecule has 2 heterocycles. The maximum Gasteiger partial charge on any atom is 0.573 e. The van der Waals surface area contributed by atoms with Gasteiger partial charge in [0.2, 0.25) is 15.9 Å². The highest BCUT2D eigenvalue weighted by molar-refractivity contribution is 7.89. The average Bonchev–Trinajstić information content (AvgIpc) is 2.95. The molecule has 1 atom stereocenters. The summed E-state index contributed by atoms with van der Waals surface area (Å²) in [6.07, 6.45) is -3.57. The first-order valence-corrected chi connectivity index (χ1v) is 14.1. The monoisotopic (exact) mass is 606 g/mol. The molecule has 224 valence electrons. The van der Waals surface area contributed by atoms with E-state index in [9.17, 15) is 31.5 Å². The number of rotatable bonds is 9. The Labute approximate surface area is 240 Å². The highest BCUT2D eigenvalue weighted by Crippen LogP contribution is 2.28. The summed E-state index contributed by atoms with van der Waals surface area (Å²) in [5.41, 5.74) is 8.62. The third-order valence-corrected chi connectivity index (χ3v) is 8.47. The highest BCUT2D eigenvalue weighted by Gasteiger charge is 2.41. The van der Waals surface area contributed by atoms with Crippen LogP contribution >= 0.6 is 0 Å². The van der Waals surface area contributed by atoms with Gasteiger partial charge in [-0.1, -0.05) is 36.4 Å². The fourth-order valence-corrected chi connectivity index (χ4v) is 5.90. The van der Waals surface area contributed by atoms with Gasteiger partial charge < -0.3 is 25.8 Å². The number of halogens is 3. The third-order valence-electron chi connectivity index (χ3n) is 6.55. The van der Waals surface area contributed by atoms with Crippen molar-refractivity contribution in [3.63, 3.8) is 0 Å². The van der Waals surface area contributed by atoms with E-state index < -0.39 is 40.7 Å². The van der Waals surface area contributed by atoms with Gasteiger partial charge in [0.1, 0.15) is 29.1 Å². The van der Waals surface area contributed by atoms with Crippen LogP contribution in [-0.4, -0.2) is 65.7 Å². The van der Waals surface area contributed by atoms with E-state index in [4.69, 9.17) is 5.73 Å². The highest BCUT2D eigenvalue weighted by atomic mass is 32.2. The molecular weight excluding hydrogens is 577 g/mol. The van der Waals surface area contributed by atoms with Crippen molar-refractivity contribution in [3.8, 4) is 5.75 Å². The Morgan fingerprint density at radius 2 is 1.83 bits per heavy atom. The van der Waals surface area contributed by atoms with Gasteiger partial charge in [0.15, 0.2) is 0 Å². The van der Waals surface area contributed by atoms with E-state index in [1.54, 1.807) is 4.90 Å². The standard InChI is InChI=1S/C27H29F3N6O5S/c1-17(2)19-5-3-18(4-6-19)13-33-26(38)23-15-35(24-14-32-22(16-37)25(31)34-24)11-12-36(23)42(39,40)21-9-7-20(8-10-21)41-27(28,29)30/h3-10,14,23,37H,1,11-13,15-16H2,2H3,(H2,31,34)(H,33,38)/t23-/m1/s1. The van der Waals surface area contributed by atoms with Crippen molar-refractivity contribution in [1.82, 2.24) is 19.6 Å². The number of ether oxygens (including phenoxy) is 1. The summed E-state index contributed by atoms with van der Waals surface area (Å²) >= 11 is 0. The maximum absolute atomic E-state index is 13.6. The number of hydrogen-bond donors (Lipinski definition) is 3. The van der Waals surface area contributed by atoms with E-state index in [-0.39, 0.29) is 48.4 Å². The summed E-state index contributed by atoms with van der Waals surface area (Å²) < 4.78 is 69.8. The molecule has 3 aromatic rings. The van der Waals surface area contributed by atoms with Gasteiger partial charge in [0, 0.05) is 26.2 Å². The van der Waals surface area contributed by atoms with E-state index >= 15 is 0 Å². The second kappa shape index (κ2) is 12.3. The number of sulfonamides is 1. The largest absolute Gasteiger partial charge is 0.573 e. The predicted molar refractivity (Wildman–Crippen MR) is 148 cm³/mol. The number of allylic oxidation sites excluding steroid dienone is 1. The van der Waals surface area contributed by atoms with E-state index in [1.807, 2.05) is 31.2 Å². The van der Waals surface area contributed by atoms with Gasteiger partial charge in [-0.3, -0.25) is 9.78 Å². The number of aliphatic hydroxyl groups is 1. The summed E-state index contributed by atoms with van der Waals surface area (Å²) in [5, 5.41) is 12.1. The number of nitrogens with two attached hydrogens (primary N) is 1. The fourth-order valence-electron chi connectivity index (χ4n) is 4.33. The van der Waals surface area contributed by atoms with E-state index in [0.717, 1.165) is 45.3 Å². The molecule has 1 aliphatic rings. The second-order valence-electron chi connectivity index (χ2n) is 9.51. The van der Waals surface area contributed by atoms with Gasteiger partial charge in [-0.25, -0.2) is 13.4 Å². The van der Waals surface area contributed by atoms with Crippen LogP contribution in [0, 0.1) is 0 Å². The number of piperazine rings is 1. The van der Waals surface area contributed by atoms with E-state index in [1.165, 1.54) is 6.20 Å². The topological polar surface area (TPSA) is 151 Å². The van der Waals surface area contributed by atoms with Crippen LogP contribution in [0.25, 0.3) is 5.57 Å². The Morgan fingerprint density at radius 3 is 2.40 bits per heavy atom. The van der Waals surface area contributed by atoms with Crippen molar-refractivity contribution >= 4 is 33.1 Å². The number of benzene rings is 2. The SMILES string of the molecule is C=C(C)c1ccc(CNC(=O)[C@H]2CN(c3cnc(CO)c(N)n3)CCN2S(=O)(=O)c2ccc(OC(F)(F)F)cc2)cc1. The zero-order valence-electron chi connectivity index (χ0n) is 22.5. The number of anilines is 2. The molecule has 0 spiro atoms. The Bertz CT molecular complexity index is 1550. The lowest BCUT2D eigenvalue weighted by molar-refractivity contribution is -0.274. The van der Waals surface area contributed by atoms with E-state index in [0.29, 0.717) is 0 Å². The van der Waals surface area contributed by atoms with Crippen LogP contribution in [0.1, 0.15) is 23.7 Å². The minimum atomic E-state index is -4.94. The first-order chi connectivity index (χ1) is 19.8. The van der Waals surface area contributed by atoms with Crippen molar-refractivity contribution in [2.75, 3.05) is 30.3 Å². The van der Waals surface area contributed by atoms with Crippen LogP contribution in [0.5, 0.6) is 5.75 Å². The number of nitrogens with one attached hydrogen (secondary N) is 1. The third kappa shape index (κ3) is 7.16. The lowest BCUT2D eigenvalue weighted by Gasteiger charge is -2.40. The summed E-state index contributed by atoms with van der Waals surface area (Å²) in [6, 6.07) is 9.85. The quantitative estimate of drug-likeness (QED) is 0.334. The zero-order chi connectivity index (χ0) is 30.7. The molecule has 0 radical (unpaired) electrons. The van der Waals surface area contributed by atoms with Gasteiger partial charge in [-0.05, 0) is 42.3 Å². The molecule has 1 amide bonds. The summed E-state index contributed by atoms with van der Waals surface area (Å²) in [6.45, 7) is 5.28. The van der Waals surface area contributed by atoms with Crippen LogP contribution in [0.2, 0.25) is 0 Å². The van der Waals surface area contributed by atoms with Crippen molar-refractivity contribution in [3.05, 3.63) is 78.1 Å². The molecule has 0 unspecified atom stereocenters. The summed E-state index contributed by atoms with van der Waals surface area (Å²) in [5.74, 6) is -0.910. The zero-order valence-corrected chi connectivity index (χ0v) is 23.3. The Hall–Kier alpha value is -4.21. The molecule has 2 aromatic carbocycles. The lowest BCUT2D eigenvalue weighted by atomic mass is 10.1. The number of carbonyl (C=O) groups is 1. The molecule has 0 aliphatic carbocycles. The number of nitrogens with zero attached hydrogens (tertiary/aromatic N) is 4. The molecule has 1 saturated heterocycles. The normalized spacial score (nSPS) is 16.2. The van der Waals surface area contributed by atoms with Crippen LogP contribution in [-0.2, 0) is 28.0 Å². The van der Waals surface area contributed by atoms with Gasteiger partial charge in [-0.2, -0.15) is 4.31 Å². The number of nitrogen functional groups attached to an aromatic ring is 1. The first-order valence-electron chi connectivity index (χ1n) is 12.7. The average molecular weight is 607 g/mol. The minimum absolute atomic E-state index is 0.00886. The molecule has 0 bridgehead atoms. The van der Waals surface area contributed by atoms with Crippen molar-refractivity contribution in [2.45, 2.75) is 37.4 Å². The minimum Gasteiger partial charge on any atom is -0.406 e. The second-order valence-corrected chi connectivity index (χ2v) is 11.4. The number of carbonyl (C=O) groups excluding carboxylic acids is 1. The number of aliphatic hydroxyl groups excluding tert-OH is 1. The fraction of sp³-hybridized carbons (Fsp3) is 0.296. The molecule has 15 heteroatoms. The van der Waals surface area contributed by atoms with Gasteiger partial charge in [-0.15, -0.1) is 13.2 Å². The number of hydrogen-bond acceptors (Lipinski definition) is 9. The van der Waals surface area contributed by atoms with E-state index in [2.05, 4.69) is 26.6 Å². The van der Waals surface area contributed by atoms with Crippen molar-refractivity contribution in [2.24, 2.45) is 0 Å². The summed E-state index contributed by atoms with van der Waals surface area (Å²) in [7, 11) is -4.33. The van der Waals surface area contributed by atoms with Crippen molar-refractivity contribution < 1.29 is 36.2 Å².